The van der Waals surface area contributed by atoms with Crippen LogP contribution in [-0.2, 0) is 4.79 Å². The zero-order valence-corrected chi connectivity index (χ0v) is 17.6. The third-order valence-corrected chi connectivity index (χ3v) is 6.41. The van der Waals surface area contributed by atoms with Crippen molar-refractivity contribution in [1.82, 2.24) is 4.90 Å². The second kappa shape index (κ2) is 9.88. The Kier molecular flexibility index (Phi) is 6.77. The lowest BCUT2D eigenvalue weighted by atomic mass is 9.84. The van der Waals surface area contributed by atoms with Gasteiger partial charge in [0.1, 0.15) is 0 Å². The fraction of sp³-hybridized carbons (Fsp3) is 0.480. The number of anilines is 1. The summed E-state index contributed by atoms with van der Waals surface area (Å²) < 4.78 is 5.54. The molecule has 5 nitrogen and oxygen atoms in total. The van der Waals surface area contributed by atoms with Crippen LogP contribution in [0.25, 0.3) is 0 Å². The molecule has 0 aromatic heterocycles. The molecule has 0 unspecified atom stereocenters. The Labute approximate surface area is 179 Å². The lowest BCUT2D eigenvalue weighted by Gasteiger charge is -2.36. The molecule has 1 aliphatic heterocycles. The van der Waals surface area contributed by atoms with Gasteiger partial charge in [0.15, 0.2) is 11.5 Å². The van der Waals surface area contributed by atoms with E-state index in [1.54, 1.807) is 24.3 Å². The van der Waals surface area contributed by atoms with E-state index in [9.17, 15) is 9.90 Å². The van der Waals surface area contributed by atoms with Gasteiger partial charge in [-0.05, 0) is 48.6 Å². The highest BCUT2D eigenvalue weighted by molar-refractivity contribution is 5.76. The molecule has 1 saturated heterocycles. The third-order valence-electron chi connectivity index (χ3n) is 6.41. The van der Waals surface area contributed by atoms with Crippen molar-refractivity contribution in [1.29, 1.82) is 0 Å². The fourth-order valence-corrected chi connectivity index (χ4v) is 4.59. The highest BCUT2D eigenvalue weighted by Crippen LogP contribution is 2.33. The summed E-state index contributed by atoms with van der Waals surface area (Å²) in [6.07, 6.45) is 7.09. The number of carbonyl (C=O) groups excluding carboxylic acids is 1. The van der Waals surface area contributed by atoms with Crippen molar-refractivity contribution in [3.63, 3.8) is 0 Å². The number of benzene rings is 2. The summed E-state index contributed by atoms with van der Waals surface area (Å²) in [5.41, 5.74) is 2.74. The van der Waals surface area contributed by atoms with Crippen molar-refractivity contribution < 1.29 is 14.6 Å². The first kappa shape index (κ1) is 20.6. The lowest BCUT2D eigenvalue weighted by molar-refractivity contribution is -0.132. The van der Waals surface area contributed by atoms with Crippen molar-refractivity contribution in [2.24, 2.45) is 0 Å². The smallest absolute Gasteiger partial charge is 0.226 e. The number of aromatic hydroxyl groups is 1. The summed E-state index contributed by atoms with van der Waals surface area (Å²) >= 11 is 0. The summed E-state index contributed by atoms with van der Waals surface area (Å²) in [4.78, 5) is 16.8. The zero-order valence-electron chi connectivity index (χ0n) is 17.6. The molecule has 160 valence electrons. The number of ether oxygens (including phenoxy) is 1. The molecule has 1 amide bonds. The van der Waals surface area contributed by atoms with Gasteiger partial charge in [0.05, 0.1) is 13.0 Å². The van der Waals surface area contributed by atoms with E-state index >= 15 is 0 Å². The molecule has 4 rings (SSSR count). The van der Waals surface area contributed by atoms with Gasteiger partial charge in [0.25, 0.3) is 0 Å². The van der Waals surface area contributed by atoms with E-state index in [0.717, 1.165) is 32.1 Å². The van der Waals surface area contributed by atoms with E-state index in [0.29, 0.717) is 12.2 Å². The molecule has 1 N–H and O–H groups in total. The quantitative estimate of drug-likeness (QED) is 0.761. The van der Waals surface area contributed by atoms with Crippen molar-refractivity contribution >= 4 is 11.6 Å². The standard InChI is InChI=1S/C25H32N2O3/c28-23-8-4-5-9-24(23)30-19-14-25(29)27-17-15-26(16-18-27)22-12-10-21(11-13-22)20-6-2-1-3-7-20/h4-5,8-13,20,28H,1-3,6-7,14-19H2. The van der Waals surface area contributed by atoms with E-state index in [-0.39, 0.29) is 18.3 Å². The minimum Gasteiger partial charge on any atom is -0.504 e. The van der Waals surface area contributed by atoms with E-state index < -0.39 is 0 Å². The number of phenolic OH excluding ortho intramolecular Hbond substituents is 1. The van der Waals surface area contributed by atoms with Gasteiger partial charge in [0, 0.05) is 31.9 Å². The molecule has 0 bridgehead atoms. The Morgan fingerprint density at radius 3 is 2.33 bits per heavy atom. The third kappa shape index (κ3) is 5.07. The Balaban J connectivity index is 1.22. The van der Waals surface area contributed by atoms with E-state index in [1.165, 1.54) is 43.4 Å². The Morgan fingerprint density at radius 1 is 0.933 bits per heavy atom. The van der Waals surface area contributed by atoms with Gasteiger partial charge in [-0.25, -0.2) is 0 Å². The van der Waals surface area contributed by atoms with Gasteiger partial charge < -0.3 is 19.6 Å². The van der Waals surface area contributed by atoms with Crippen molar-refractivity contribution in [2.75, 3.05) is 37.7 Å². The molecule has 1 heterocycles. The number of rotatable bonds is 6. The predicted molar refractivity (Wildman–Crippen MR) is 119 cm³/mol. The lowest BCUT2D eigenvalue weighted by Crippen LogP contribution is -2.49. The van der Waals surface area contributed by atoms with Crippen LogP contribution in [0.15, 0.2) is 48.5 Å². The van der Waals surface area contributed by atoms with Crippen molar-refractivity contribution in [2.45, 2.75) is 44.4 Å². The Hall–Kier alpha value is -2.69. The predicted octanol–water partition coefficient (Wildman–Crippen LogP) is 4.56. The van der Waals surface area contributed by atoms with Crippen LogP contribution in [0.2, 0.25) is 0 Å². The summed E-state index contributed by atoms with van der Waals surface area (Å²) in [7, 11) is 0. The monoisotopic (exact) mass is 408 g/mol. The minimum atomic E-state index is 0.105. The number of para-hydroxylation sites is 2. The van der Waals surface area contributed by atoms with Crippen LogP contribution < -0.4 is 9.64 Å². The molecule has 2 aromatic rings. The fourth-order valence-electron chi connectivity index (χ4n) is 4.59. The molecule has 0 radical (unpaired) electrons. The van der Waals surface area contributed by atoms with E-state index in [2.05, 4.69) is 29.2 Å². The van der Waals surface area contributed by atoms with Crippen LogP contribution in [0.3, 0.4) is 0 Å². The molecule has 2 fully saturated rings. The molecule has 5 heteroatoms. The molecule has 2 aromatic carbocycles. The van der Waals surface area contributed by atoms with Gasteiger partial charge in [-0.1, -0.05) is 43.5 Å². The zero-order chi connectivity index (χ0) is 20.8. The van der Waals surface area contributed by atoms with Crippen LogP contribution in [0, 0.1) is 0 Å². The summed E-state index contributed by atoms with van der Waals surface area (Å²) in [6, 6.07) is 16.0. The van der Waals surface area contributed by atoms with Gasteiger partial charge in [0.2, 0.25) is 5.91 Å². The first-order valence-corrected chi connectivity index (χ1v) is 11.2. The van der Waals surface area contributed by atoms with E-state index in [1.807, 2.05) is 4.90 Å². The largest absolute Gasteiger partial charge is 0.504 e. The van der Waals surface area contributed by atoms with Crippen LogP contribution >= 0.6 is 0 Å². The second-order valence-electron chi connectivity index (χ2n) is 8.36. The molecule has 30 heavy (non-hydrogen) atoms. The van der Waals surface area contributed by atoms with Crippen LogP contribution in [0.5, 0.6) is 11.5 Å². The maximum absolute atomic E-state index is 12.5. The normalized spacial score (nSPS) is 17.7. The number of carbonyl (C=O) groups is 1. The second-order valence-corrected chi connectivity index (χ2v) is 8.36. The number of hydrogen-bond donors (Lipinski definition) is 1. The molecular formula is C25H32N2O3. The van der Waals surface area contributed by atoms with Gasteiger partial charge in [-0.15, -0.1) is 0 Å². The van der Waals surface area contributed by atoms with Crippen LogP contribution in [0.4, 0.5) is 5.69 Å². The average molecular weight is 409 g/mol. The van der Waals surface area contributed by atoms with Gasteiger partial charge in [-0.2, -0.15) is 0 Å². The average Bonchev–Trinajstić information content (AvgIpc) is 2.81. The Morgan fingerprint density at radius 2 is 1.63 bits per heavy atom. The molecular weight excluding hydrogens is 376 g/mol. The molecule has 1 saturated carbocycles. The molecule has 0 atom stereocenters. The number of amides is 1. The first-order valence-electron chi connectivity index (χ1n) is 11.2. The molecule has 1 aliphatic carbocycles. The minimum absolute atomic E-state index is 0.105. The number of nitrogens with zero attached hydrogens (tertiary/aromatic N) is 2. The summed E-state index contributed by atoms with van der Waals surface area (Å²) in [6.45, 7) is 3.46. The van der Waals surface area contributed by atoms with Crippen LogP contribution in [0.1, 0.15) is 50.0 Å². The number of hydrogen-bond acceptors (Lipinski definition) is 4. The molecule has 2 aliphatic rings. The first-order chi connectivity index (χ1) is 14.7. The van der Waals surface area contributed by atoms with Gasteiger partial charge >= 0.3 is 0 Å². The number of phenols is 1. The van der Waals surface area contributed by atoms with E-state index in [4.69, 9.17) is 4.74 Å². The number of piperazine rings is 1. The maximum atomic E-state index is 12.5. The highest BCUT2D eigenvalue weighted by Gasteiger charge is 2.22. The maximum Gasteiger partial charge on any atom is 0.226 e. The molecule has 0 spiro atoms. The topological polar surface area (TPSA) is 53.0 Å². The highest BCUT2D eigenvalue weighted by atomic mass is 16.5. The van der Waals surface area contributed by atoms with Crippen molar-refractivity contribution in [3.8, 4) is 11.5 Å². The summed E-state index contributed by atoms with van der Waals surface area (Å²) in [5, 5.41) is 9.73. The summed E-state index contributed by atoms with van der Waals surface area (Å²) in [5.74, 6) is 1.37. The SMILES string of the molecule is O=C(CCOc1ccccc1O)N1CCN(c2ccc(C3CCCCC3)cc2)CC1. The van der Waals surface area contributed by atoms with Crippen LogP contribution in [-0.4, -0.2) is 48.7 Å². The Bertz CT molecular complexity index is 823. The van der Waals surface area contributed by atoms with Gasteiger partial charge in [-0.3, -0.25) is 4.79 Å². The van der Waals surface area contributed by atoms with Crippen molar-refractivity contribution in [3.05, 3.63) is 54.1 Å².